The van der Waals surface area contributed by atoms with Crippen LogP contribution in [-0.4, -0.2) is 35.9 Å². The molecule has 100 valence electrons. The number of hydrogen-bond donors (Lipinski definition) is 2. The summed E-state index contributed by atoms with van der Waals surface area (Å²) in [5.74, 6) is 1.02. The number of anilines is 1. The van der Waals surface area contributed by atoms with E-state index in [9.17, 15) is 4.79 Å². The van der Waals surface area contributed by atoms with Gasteiger partial charge in [-0.25, -0.2) is 9.97 Å². The second kappa shape index (κ2) is 4.92. The minimum Gasteiger partial charge on any atom is -0.317 e. The summed E-state index contributed by atoms with van der Waals surface area (Å²) >= 11 is 0. The number of imidazole rings is 1. The molecular formula is C12H11N7O. The Morgan fingerprint density at radius 3 is 2.95 bits per heavy atom. The molecule has 2 N–H and O–H groups in total. The Hall–Kier alpha value is -3.03. The van der Waals surface area contributed by atoms with Crippen LogP contribution in [-0.2, 0) is 0 Å². The molecule has 20 heavy (non-hydrogen) atoms. The number of nitrogens with one attached hydrogen (secondary N) is 2. The van der Waals surface area contributed by atoms with E-state index in [2.05, 4.69) is 30.7 Å². The molecule has 0 fully saturated rings. The minimum atomic E-state index is -0.356. The standard InChI is InChI=1S/C12H11N7O/c1-8-13-5-6-19(8)11-9(3-2-4-14-11)16-12(20)10-7-15-18-17-10/h2-7H,1H3,(H,16,20)(H,15,17,18). The second-order valence-electron chi connectivity index (χ2n) is 4.03. The molecule has 3 heterocycles. The lowest BCUT2D eigenvalue weighted by Crippen LogP contribution is -2.15. The number of aryl methyl sites for hydroxylation is 1. The van der Waals surface area contributed by atoms with Crippen LogP contribution >= 0.6 is 0 Å². The zero-order chi connectivity index (χ0) is 13.9. The Morgan fingerprint density at radius 1 is 1.35 bits per heavy atom. The molecule has 0 aliphatic heterocycles. The van der Waals surface area contributed by atoms with E-state index in [0.717, 1.165) is 5.82 Å². The molecule has 0 bridgehead atoms. The monoisotopic (exact) mass is 269 g/mol. The molecule has 0 aliphatic rings. The van der Waals surface area contributed by atoms with E-state index in [1.54, 1.807) is 35.3 Å². The smallest absolute Gasteiger partial charge is 0.277 e. The molecule has 0 aromatic carbocycles. The van der Waals surface area contributed by atoms with Gasteiger partial charge in [0.2, 0.25) is 0 Å². The summed E-state index contributed by atoms with van der Waals surface area (Å²) in [6.45, 7) is 1.86. The van der Waals surface area contributed by atoms with Crippen molar-refractivity contribution in [2.45, 2.75) is 6.92 Å². The number of hydrogen-bond acceptors (Lipinski definition) is 5. The Bertz CT molecular complexity index is 732. The van der Waals surface area contributed by atoms with Gasteiger partial charge >= 0.3 is 0 Å². The van der Waals surface area contributed by atoms with E-state index in [1.807, 2.05) is 6.92 Å². The van der Waals surface area contributed by atoms with E-state index in [1.165, 1.54) is 6.20 Å². The predicted octanol–water partition coefficient (Wildman–Crippen LogP) is 0.946. The number of nitrogens with zero attached hydrogens (tertiary/aromatic N) is 5. The maximum Gasteiger partial charge on any atom is 0.277 e. The zero-order valence-electron chi connectivity index (χ0n) is 10.6. The largest absolute Gasteiger partial charge is 0.317 e. The van der Waals surface area contributed by atoms with Gasteiger partial charge in [-0.15, -0.1) is 0 Å². The van der Waals surface area contributed by atoms with Crippen LogP contribution in [0.4, 0.5) is 5.69 Å². The van der Waals surface area contributed by atoms with Crippen molar-refractivity contribution in [1.82, 2.24) is 29.9 Å². The van der Waals surface area contributed by atoms with Crippen LogP contribution in [0.3, 0.4) is 0 Å². The number of rotatable bonds is 3. The molecule has 0 atom stereocenters. The molecule has 0 aliphatic carbocycles. The van der Waals surface area contributed by atoms with Gasteiger partial charge in [0.15, 0.2) is 11.5 Å². The number of H-pyrrole nitrogens is 1. The third kappa shape index (κ3) is 2.14. The molecule has 0 radical (unpaired) electrons. The van der Waals surface area contributed by atoms with E-state index in [-0.39, 0.29) is 11.6 Å². The van der Waals surface area contributed by atoms with Crippen LogP contribution in [0.2, 0.25) is 0 Å². The topological polar surface area (TPSA) is 101 Å². The first kappa shape index (κ1) is 12.0. The Balaban J connectivity index is 1.95. The fourth-order valence-electron chi connectivity index (χ4n) is 1.79. The van der Waals surface area contributed by atoms with Gasteiger partial charge in [0.25, 0.3) is 5.91 Å². The first-order chi connectivity index (χ1) is 9.75. The Kier molecular flexibility index (Phi) is 2.96. The molecule has 3 aromatic rings. The van der Waals surface area contributed by atoms with Crippen LogP contribution in [0.25, 0.3) is 5.82 Å². The first-order valence-electron chi connectivity index (χ1n) is 5.88. The summed E-state index contributed by atoms with van der Waals surface area (Å²) in [6, 6.07) is 3.51. The number of amides is 1. The van der Waals surface area contributed by atoms with Gasteiger partial charge in [-0.05, 0) is 19.1 Å². The molecule has 3 aromatic heterocycles. The van der Waals surface area contributed by atoms with Gasteiger partial charge < -0.3 is 5.32 Å². The first-order valence-corrected chi connectivity index (χ1v) is 5.88. The van der Waals surface area contributed by atoms with Crippen LogP contribution in [0.15, 0.2) is 36.9 Å². The van der Waals surface area contributed by atoms with Crippen molar-refractivity contribution >= 4 is 11.6 Å². The van der Waals surface area contributed by atoms with Crippen molar-refractivity contribution in [3.05, 3.63) is 48.4 Å². The minimum absolute atomic E-state index is 0.210. The zero-order valence-corrected chi connectivity index (χ0v) is 10.6. The van der Waals surface area contributed by atoms with Gasteiger partial charge in [0, 0.05) is 18.6 Å². The lowest BCUT2D eigenvalue weighted by molar-refractivity contribution is 0.102. The van der Waals surface area contributed by atoms with E-state index >= 15 is 0 Å². The highest BCUT2D eigenvalue weighted by Gasteiger charge is 2.13. The average molecular weight is 269 g/mol. The van der Waals surface area contributed by atoms with Gasteiger partial charge in [0.1, 0.15) is 5.82 Å². The van der Waals surface area contributed by atoms with Crippen molar-refractivity contribution in [3.63, 3.8) is 0 Å². The Morgan fingerprint density at radius 2 is 2.25 bits per heavy atom. The summed E-state index contributed by atoms with van der Waals surface area (Å²) in [4.78, 5) is 20.4. The second-order valence-corrected chi connectivity index (χ2v) is 4.03. The summed E-state index contributed by atoms with van der Waals surface area (Å²) < 4.78 is 1.79. The normalized spacial score (nSPS) is 10.4. The SMILES string of the molecule is Cc1nccn1-c1ncccc1NC(=O)c1cn[nH]n1. The Labute approximate surface area is 113 Å². The quantitative estimate of drug-likeness (QED) is 0.737. The number of aromatic amines is 1. The summed E-state index contributed by atoms with van der Waals surface area (Å²) in [5, 5.41) is 12.5. The van der Waals surface area contributed by atoms with Crippen LogP contribution in [0, 0.1) is 6.92 Å². The summed E-state index contributed by atoms with van der Waals surface area (Å²) in [7, 11) is 0. The van der Waals surface area contributed by atoms with E-state index < -0.39 is 0 Å². The van der Waals surface area contributed by atoms with Gasteiger partial charge in [-0.3, -0.25) is 9.36 Å². The van der Waals surface area contributed by atoms with Crippen LogP contribution in [0.1, 0.15) is 16.3 Å². The van der Waals surface area contributed by atoms with E-state index in [0.29, 0.717) is 11.5 Å². The number of carbonyl (C=O) groups is 1. The maximum absolute atomic E-state index is 12.0. The summed E-state index contributed by atoms with van der Waals surface area (Å²) in [5.41, 5.74) is 0.781. The maximum atomic E-state index is 12.0. The van der Waals surface area contributed by atoms with Crippen molar-refractivity contribution < 1.29 is 4.79 Å². The molecule has 8 heteroatoms. The molecule has 8 nitrogen and oxygen atoms in total. The van der Waals surface area contributed by atoms with Crippen molar-refractivity contribution in [2.24, 2.45) is 0 Å². The molecule has 3 rings (SSSR count). The van der Waals surface area contributed by atoms with Crippen LogP contribution < -0.4 is 5.32 Å². The van der Waals surface area contributed by atoms with Crippen LogP contribution in [0.5, 0.6) is 0 Å². The highest BCUT2D eigenvalue weighted by molar-refractivity contribution is 6.03. The van der Waals surface area contributed by atoms with Crippen molar-refractivity contribution in [2.75, 3.05) is 5.32 Å². The number of aromatic nitrogens is 6. The lowest BCUT2D eigenvalue weighted by atomic mass is 10.3. The van der Waals surface area contributed by atoms with Crippen molar-refractivity contribution in [1.29, 1.82) is 0 Å². The van der Waals surface area contributed by atoms with Crippen molar-refractivity contribution in [3.8, 4) is 5.82 Å². The molecule has 0 saturated carbocycles. The van der Waals surface area contributed by atoms with Gasteiger partial charge in [-0.1, -0.05) is 0 Å². The molecular weight excluding hydrogens is 258 g/mol. The number of carbonyl (C=O) groups excluding carboxylic acids is 1. The third-order valence-electron chi connectivity index (χ3n) is 2.74. The highest BCUT2D eigenvalue weighted by atomic mass is 16.2. The molecule has 0 unspecified atom stereocenters. The predicted molar refractivity (Wildman–Crippen MR) is 70.4 cm³/mol. The van der Waals surface area contributed by atoms with E-state index in [4.69, 9.17) is 0 Å². The molecule has 1 amide bonds. The average Bonchev–Trinajstić information content (AvgIpc) is 3.10. The fourth-order valence-corrected chi connectivity index (χ4v) is 1.79. The summed E-state index contributed by atoms with van der Waals surface area (Å²) in [6.07, 6.45) is 6.46. The fraction of sp³-hybridized carbons (Fsp3) is 0.0833. The van der Waals surface area contributed by atoms with Gasteiger partial charge in [-0.2, -0.15) is 15.4 Å². The third-order valence-corrected chi connectivity index (χ3v) is 2.74. The highest BCUT2D eigenvalue weighted by Crippen LogP contribution is 2.18. The molecule has 0 spiro atoms. The van der Waals surface area contributed by atoms with Gasteiger partial charge in [0.05, 0.1) is 11.9 Å². The number of pyridine rings is 1. The molecule has 0 saturated heterocycles. The lowest BCUT2D eigenvalue weighted by Gasteiger charge is -2.10.